The van der Waals surface area contributed by atoms with Gasteiger partial charge in [0.1, 0.15) is 0 Å². The number of hydrogen-bond acceptors (Lipinski definition) is 3. The van der Waals surface area contributed by atoms with Crippen molar-refractivity contribution in [1.29, 1.82) is 0 Å². The summed E-state index contributed by atoms with van der Waals surface area (Å²) in [5.74, 6) is -0.274. The summed E-state index contributed by atoms with van der Waals surface area (Å²) in [5, 5.41) is 5.96. The number of carbonyl (C=O) groups is 2. The summed E-state index contributed by atoms with van der Waals surface area (Å²) in [6.07, 6.45) is 3.38. The van der Waals surface area contributed by atoms with Gasteiger partial charge in [-0.1, -0.05) is 35.3 Å². The van der Waals surface area contributed by atoms with Crippen molar-refractivity contribution in [2.45, 2.75) is 12.8 Å². The molecule has 7 heteroatoms. The van der Waals surface area contributed by atoms with Gasteiger partial charge in [0, 0.05) is 11.9 Å². The van der Waals surface area contributed by atoms with Gasteiger partial charge in [-0.3, -0.25) is 14.6 Å². The van der Waals surface area contributed by atoms with E-state index in [2.05, 4.69) is 15.6 Å². The average Bonchev–Trinajstić information content (AvgIpc) is 2.83. The highest BCUT2D eigenvalue weighted by molar-refractivity contribution is 6.43. The predicted octanol–water partition coefficient (Wildman–Crippen LogP) is 3.06. The molecule has 0 saturated carbocycles. The molecule has 0 aliphatic carbocycles. The highest BCUT2D eigenvalue weighted by Gasteiger charge is 2.18. The van der Waals surface area contributed by atoms with Crippen LogP contribution in [0.1, 0.15) is 11.1 Å². The van der Waals surface area contributed by atoms with Crippen LogP contribution in [-0.4, -0.2) is 16.8 Å². The van der Waals surface area contributed by atoms with Crippen LogP contribution in [0.15, 0.2) is 30.6 Å². The van der Waals surface area contributed by atoms with Crippen molar-refractivity contribution in [3.8, 4) is 0 Å². The Morgan fingerprint density at radius 3 is 2.95 bits per heavy atom. The smallest absolute Gasteiger partial charge is 0.228 e. The Hall–Kier alpha value is -2.11. The van der Waals surface area contributed by atoms with Crippen LogP contribution in [0, 0.1) is 0 Å². The van der Waals surface area contributed by atoms with Crippen molar-refractivity contribution in [3.05, 3.63) is 51.8 Å². The molecule has 1 aliphatic rings. The molecule has 3 rings (SSSR count). The summed E-state index contributed by atoms with van der Waals surface area (Å²) in [4.78, 5) is 27.3. The largest absolute Gasteiger partial charge is 0.326 e. The normalized spacial score (nSPS) is 12.7. The van der Waals surface area contributed by atoms with E-state index in [0.29, 0.717) is 12.1 Å². The Labute approximate surface area is 136 Å². The van der Waals surface area contributed by atoms with Gasteiger partial charge in [0.25, 0.3) is 0 Å². The Balaban J connectivity index is 1.71. The molecule has 0 bridgehead atoms. The number of nitrogens with zero attached hydrogens (tertiary/aromatic N) is 1. The number of aromatic nitrogens is 1. The van der Waals surface area contributed by atoms with Gasteiger partial charge in [0.15, 0.2) is 0 Å². The monoisotopic (exact) mass is 335 g/mol. The lowest BCUT2D eigenvalue weighted by molar-refractivity contribution is -0.116. The van der Waals surface area contributed by atoms with Gasteiger partial charge in [0.05, 0.1) is 34.8 Å². The second kappa shape index (κ2) is 5.94. The van der Waals surface area contributed by atoms with Crippen LogP contribution in [0.2, 0.25) is 10.0 Å². The zero-order valence-corrected chi connectivity index (χ0v) is 12.8. The first-order chi connectivity index (χ1) is 10.5. The number of nitrogens with one attached hydrogen (secondary N) is 2. The van der Waals surface area contributed by atoms with Crippen molar-refractivity contribution in [2.24, 2.45) is 0 Å². The third kappa shape index (κ3) is 3.05. The molecule has 112 valence electrons. The summed E-state index contributed by atoms with van der Waals surface area (Å²) >= 11 is 11.8. The molecule has 0 fully saturated rings. The predicted molar refractivity (Wildman–Crippen MR) is 85.4 cm³/mol. The molecule has 2 heterocycles. The lowest BCUT2D eigenvalue weighted by Gasteiger charge is -2.08. The van der Waals surface area contributed by atoms with Gasteiger partial charge in [-0.2, -0.15) is 0 Å². The number of benzene rings is 1. The van der Waals surface area contributed by atoms with Crippen LogP contribution < -0.4 is 10.6 Å². The first-order valence-corrected chi connectivity index (χ1v) is 7.29. The molecular weight excluding hydrogens is 325 g/mol. The van der Waals surface area contributed by atoms with E-state index in [1.807, 2.05) is 12.1 Å². The standard InChI is InChI=1S/C15H11Cl2N3O2/c16-10-6-18-7-12(15(10)17)20-13(21)4-8-1-2-9-5-14(22)19-11(9)3-8/h1-3,6-7H,4-5H2,(H,19,22)(H,20,21). The van der Waals surface area contributed by atoms with Crippen LogP contribution in [0.4, 0.5) is 11.4 Å². The summed E-state index contributed by atoms with van der Waals surface area (Å²) in [6, 6.07) is 5.48. The fraction of sp³-hybridized carbons (Fsp3) is 0.133. The third-order valence-electron chi connectivity index (χ3n) is 3.28. The summed E-state index contributed by atoms with van der Waals surface area (Å²) in [7, 11) is 0. The zero-order chi connectivity index (χ0) is 15.7. The van der Waals surface area contributed by atoms with Gasteiger partial charge in [0.2, 0.25) is 11.8 Å². The number of halogens is 2. The maximum atomic E-state index is 12.1. The molecule has 2 N–H and O–H groups in total. The van der Waals surface area contributed by atoms with Gasteiger partial charge in [-0.15, -0.1) is 0 Å². The van der Waals surface area contributed by atoms with Crippen molar-refractivity contribution in [3.63, 3.8) is 0 Å². The van der Waals surface area contributed by atoms with E-state index in [1.54, 1.807) is 6.07 Å². The quantitative estimate of drug-likeness (QED) is 0.905. The molecule has 5 nitrogen and oxygen atoms in total. The molecular formula is C15H11Cl2N3O2. The van der Waals surface area contributed by atoms with E-state index < -0.39 is 0 Å². The molecule has 1 aliphatic heterocycles. The SMILES string of the molecule is O=C1Cc2ccc(CC(=O)Nc3cncc(Cl)c3Cl)cc2N1. The molecule has 0 atom stereocenters. The first-order valence-electron chi connectivity index (χ1n) is 6.53. The second-order valence-corrected chi connectivity index (χ2v) is 5.71. The molecule has 1 aromatic carbocycles. The lowest BCUT2D eigenvalue weighted by Crippen LogP contribution is -2.15. The minimum Gasteiger partial charge on any atom is -0.326 e. The Bertz CT molecular complexity index is 777. The minimum atomic E-state index is -0.241. The van der Waals surface area contributed by atoms with Crippen molar-refractivity contribution in [1.82, 2.24) is 4.98 Å². The number of fused-ring (bicyclic) bond motifs is 1. The van der Waals surface area contributed by atoms with Crippen LogP contribution in [0.25, 0.3) is 0 Å². The molecule has 0 spiro atoms. The fourth-order valence-electron chi connectivity index (χ4n) is 2.26. The number of hydrogen-bond donors (Lipinski definition) is 2. The van der Waals surface area contributed by atoms with E-state index in [4.69, 9.17) is 23.2 Å². The maximum Gasteiger partial charge on any atom is 0.228 e. The van der Waals surface area contributed by atoms with Crippen LogP contribution in [0.5, 0.6) is 0 Å². The van der Waals surface area contributed by atoms with E-state index >= 15 is 0 Å². The average molecular weight is 336 g/mol. The zero-order valence-electron chi connectivity index (χ0n) is 11.3. The van der Waals surface area contributed by atoms with Crippen molar-refractivity contribution >= 4 is 46.4 Å². The van der Waals surface area contributed by atoms with Gasteiger partial charge >= 0.3 is 0 Å². The van der Waals surface area contributed by atoms with Gasteiger partial charge in [-0.25, -0.2) is 0 Å². The minimum absolute atomic E-state index is 0.0339. The summed E-state index contributed by atoms with van der Waals surface area (Å²) in [5.41, 5.74) is 2.87. The van der Waals surface area contributed by atoms with Gasteiger partial charge < -0.3 is 10.6 Å². The van der Waals surface area contributed by atoms with Crippen LogP contribution in [-0.2, 0) is 22.4 Å². The molecule has 0 unspecified atom stereocenters. The first kappa shape index (κ1) is 14.8. The third-order valence-corrected chi connectivity index (χ3v) is 4.07. The number of rotatable bonds is 3. The van der Waals surface area contributed by atoms with Crippen LogP contribution in [0.3, 0.4) is 0 Å². The summed E-state index contributed by atoms with van der Waals surface area (Å²) in [6.45, 7) is 0. The maximum absolute atomic E-state index is 12.1. The molecule has 1 aromatic heterocycles. The Morgan fingerprint density at radius 2 is 2.14 bits per heavy atom. The highest BCUT2D eigenvalue weighted by Crippen LogP contribution is 2.28. The van der Waals surface area contributed by atoms with Crippen molar-refractivity contribution in [2.75, 3.05) is 10.6 Å². The van der Waals surface area contributed by atoms with E-state index in [1.165, 1.54) is 12.4 Å². The van der Waals surface area contributed by atoms with E-state index in [9.17, 15) is 9.59 Å². The van der Waals surface area contributed by atoms with E-state index in [-0.39, 0.29) is 28.3 Å². The molecule has 22 heavy (non-hydrogen) atoms. The highest BCUT2D eigenvalue weighted by atomic mass is 35.5. The number of carbonyl (C=O) groups excluding carboxylic acids is 2. The lowest BCUT2D eigenvalue weighted by atomic mass is 10.1. The second-order valence-electron chi connectivity index (χ2n) is 4.92. The Kier molecular flexibility index (Phi) is 4.00. The Morgan fingerprint density at radius 1 is 1.32 bits per heavy atom. The van der Waals surface area contributed by atoms with Crippen LogP contribution >= 0.6 is 23.2 Å². The number of anilines is 2. The number of pyridine rings is 1. The van der Waals surface area contributed by atoms with Gasteiger partial charge in [-0.05, 0) is 17.2 Å². The van der Waals surface area contributed by atoms with Crippen molar-refractivity contribution < 1.29 is 9.59 Å². The fourth-order valence-corrected chi connectivity index (χ4v) is 2.56. The topological polar surface area (TPSA) is 71.1 Å². The number of amides is 2. The molecule has 2 amide bonds. The molecule has 0 radical (unpaired) electrons. The van der Waals surface area contributed by atoms with E-state index in [0.717, 1.165) is 16.8 Å². The summed E-state index contributed by atoms with van der Waals surface area (Å²) < 4.78 is 0. The molecule has 0 saturated heterocycles. The molecule has 2 aromatic rings.